The maximum Gasteiger partial charge on any atom is 0.221 e. The van der Waals surface area contributed by atoms with Gasteiger partial charge in [0.2, 0.25) is 5.91 Å². The van der Waals surface area contributed by atoms with E-state index >= 15 is 0 Å². The molecule has 0 aromatic carbocycles. The third-order valence-electron chi connectivity index (χ3n) is 5.75. The van der Waals surface area contributed by atoms with Gasteiger partial charge in [0.1, 0.15) is 5.82 Å². The lowest BCUT2D eigenvalue weighted by atomic mass is 10.1. The first-order chi connectivity index (χ1) is 13.2. The largest absolute Gasteiger partial charge is 0.356 e. The first kappa shape index (κ1) is 20.1. The molecule has 2 aliphatic rings. The highest BCUT2D eigenvalue weighted by atomic mass is 16.1. The summed E-state index contributed by atoms with van der Waals surface area (Å²) in [5.74, 6) is 1.19. The summed E-state index contributed by atoms with van der Waals surface area (Å²) >= 11 is 0. The average Bonchev–Trinajstić information content (AvgIpc) is 2.66. The fraction of sp³-hybridized carbons (Fsp3) is 0.714. The molecule has 6 nitrogen and oxygen atoms in total. The molecule has 150 valence electrons. The quantitative estimate of drug-likeness (QED) is 0.828. The summed E-state index contributed by atoms with van der Waals surface area (Å²) < 4.78 is 0. The minimum absolute atomic E-state index is 0.136. The van der Waals surface area contributed by atoms with Crippen LogP contribution in [0.3, 0.4) is 0 Å². The van der Waals surface area contributed by atoms with Gasteiger partial charge < -0.3 is 20.0 Å². The number of carbonyl (C=O) groups is 1. The topological polar surface area (TPSA) is 51.7 Å². The molecule has 1 N–H and O–H groups in total. The van der Waals surface area contributed by atoms with Crippen LogP contribution in [0.1, 0.15) is 44.1 Å². The smallest absolute Gasteiger partial charge is 0.221 e. The highest BCUT2D eigenvalue weighted by Crippen LogP contribution is 2.21. The van der Waals surface area contributed by atoms with E-state index in [0.717, 1.165) is 57.2 Å². The van der Waals surface area contributed by atoms with Crippen molar-refractivity contribution in [3.05, 3.63) is 23.9 Å². The van der Waals surface area contributed by atoms with E-state index < -0.39 is 0 Å². The van der Waals surface area contributed by atoms with Crippen molar-refractivity contribution in [1.29, 1.82) is 0 Å². The van der Waals surface area contributed by atoms with E-state index in [1.165, 1.54) is 32.1 Å². The summed E-state index contributed by atoms with van der Waals surface area (Å²) in [6, 6.07) is 4.07. The fourth-order valence-corrected chi connectivity index (χ4v) is 3.93. The molecule has 1 amide bonds. The maximum absolute atomic E-state index is 12.3. The van der Waals surface area contributed by atoms with E-state index in [2.05, 4.69) is 38.1 Å². The predicted octanol–water partition coefficient (Wildman–Crippen LogP) is 2.11. The van der Waals surface area contributed by atoms with Crippen LogP contribution in [0.25, 0.3) is 0 Å². The molecule has 3 heterocycles. The van der Waals surface area contributed by atoms with Crippen LogP contribution in [0.2, 0.25) is 0 Å². The van der Waals surface area contributed by atoms with Crippen molar-refractivity contribution in [2.75, 3.05) is 57.8 Å². The van der Waals surface area contributed by atoms with Gasteiger partial charge in [-0.15, -0.1) is 0 Å². The lowest BCUT2D eigenvalue weighted by Gasteiger charge is -2.32. The highest BCUT2D eigenvalue weighted by Gasteiger charge is 2.16. The van der Waals surface area contributed by atoms with Crippen LogP contribution < -0.4 is 10.2 Å². The molecular weight excluding hydrogens is 338 g/mol. The van der Waals surface area contributed by atoms with Crippen molar-refractivity contribution in [2.45, 2.75) is 45.1 Å². The summed E-state index contributed by atoms with van der Waals surface area (Å²) in [6.07, 6.45) is 8.87. The summed E-state index contributed by atoms with van der Waals surface area (Å²) in [5, 5.41) is 3.11. The van der Waals surface area contributed by atoms with Crippen molar-refractivity contribution < 1.29 is 4.79 Å². The second-order valence-corrected chi connectivity index (χ2v) is 7.91. The van der Waals surface area contributed by atoms with Gasteiger partial charge in [-0.1, -0.05) is 25.3 Å². The van der Waals surface area contributed by atoms with Gasteiger partial charge in [0.05, 0.1) is 0 Å². The molecule has 0 saturated carbocycles. The molecule has 3 rings (SSSR count). The molecule has 6 heteroatoms. The monoisotopic (exact) mass is 373 g/mol. The molecule has 0 atom stereocenters. The number of nitrogens with one attached hydrogen (secondary N) is 1. The van der Waals surface area contributed by atoms with Gasteiger partial charge in [-0.25, -0.2) is 4.98 Å². The Morgan fingerprint density at radius 3 is 2.48 bits per heavy atom. The van der Waals surface area contributed by atoms with Gasteiger partial charge in [-0.05, 0) is 26.0 Å². The number of hydrogen-bond acceptors (Lipinski definition) is 5. The Bertz CT molecular complexity index is 578. The summed E-state index contributed by atoms with van der Waals surface area (Å²) in [4.78, 5) is 24.1. The van der Waals surface area contributed by atoms with Crippen molar-refractivity contribution in [1.82, 2.24) is 20.1 Å². The van der Waals surface area contributed by atoms with Gasteiger partial charge >= 0.3 is 0 Å². The van der Waals surface area contributed by atoms with Gasteiger partial charge in [-0.3, -0.25) is 4.79 Å². The fourth-order valence-electron chi connectivity index (χ4n) is 3.93. The molecule has 27 heavy (non-hydrogen) atoms. The number of piperazine rings is 1. The zero-order valence-electron chi connectivity index (χ0n) is 16.8. The SMILES string of the molecule is CN1CCN(CCC(=O)NCc2cccnc2N2CCCCCCC2)CC1. The second-order valence-electron chi connectivity index (χ2n) is 7.91. The van der Waals surface area contributed by atoms with E-state index in [-0.39, 0.29) is 5.91 Å². The molecule has 0 bridgehead atoms. The molecule has 2 fully saturated rings. The summed E-state index contributed by atoms with van der Waals surface area (Å²) in [7, 11) is 2.15. The lowest BCUT2D eigenvalue weighted by molar-refractivity contribution is -0.121. The minimum atomic E-state index is 0.136. The second kappa shape index (κ2) is 10.6. The standard InChI is InChI=1S/C21H35N5O/c1-24-14-16-25(17-15-24)13-9-20(27)23-18-19-8-7-10-22-21(19)26-11-5-3-2-4-6-12-26/h7-8,10H,2-6,9,11-18H2,1H3,(H,23,27). The molecule has 0 unspecified atom stereocenters. The van der Waals surface area contributed by atoms with Gasteiger partial charge in [-0.2, -0.15) is 0 Å². The third kappa shape index (κ3) is 6.47. The summed E-state index contributed by atoms with van der Waals surface area (Å²) in [6.45, 7) is 7.87. The molecule has 2 aliphatic heterocycles. The van der Waals surface area contributed by atoms with E-state index in [1.807, 2.05) is 12.3 Å². The van der Waals surface area contributed by atoms with Crippen LogP contribution in [0.15, 0.2) is 18.3 Å². The molecule has 1 aromatic rings. The Kier molecular flexibility index (Phi) is 7.90. The van der Waals surface area contributed by atoms with Crippen LogP contribution in [-0.4, -0.2) is 73.6 Å². The van der Waals surface area contributed by atoms with Crippen molar-refractivity contribution in [3.8, 4) is 0 Å². The molecule has 0 spiro atoms. The first-order valence-corrected chi connectivity index (χ1v) is 10.6. The molecule has 2 saturated heterocycles. The number of amides is 1. The highest BCUT2D eigenvalue weighted by molar-refractivity contribution is 5.76. The Hall–Kier alpha value is -1.66. The van der Waals surface area contributed by atoms with Crippen LogP contribution >= 0.6 is 0 Å². The maximum atomic E-state index is 12.3. The number of hydrogen-bond donors (Lipinski definition) is 1. The van der Waals surface area contributed by atoms with E-state index in [0.29, 0.717) is 13.0 Å². The van der Waals surface area contributed by atoms with Gasteiger partial charge in [0.25, 0.3) is 0 Å². The number of carbonyl (C=O) groups excluding carboxylic acids is 1. The lowest BCUT2D eigenvalue weighted by Crippen LogP contribution is -2.45. The molecular formula is C21H35N5O. The number of anilines is 1. The number of nitrogens with zero attached hydrogens (tertiary/aromatic N) is 4. The Morgan fingerprint density at radius 1 is 1.04 bits per heavy atom. The van der Waals surface area contributed by atoms with Crippen molar-refractivity contribution in [2.24, 2.45) is 0 Å². The normalized spacial score (nSPS) is 20.1. The first-order valence-electron chi connectivity index (χ1n) is 10.6. The average molecular weight is 374 g/mol. The number of likely N-dealkylation sites (N-methyl/N-ethyl adjacent to an activating group) is 1. The van der Waals surface area contributed by atoms with E-state index in [4.69, 9.17) is 0 Å². The third-order valence-corrected chi connectivity index (χ3v) is 5.75. The van der Waals surface area contributed by atoms with Gasteiger partial charge in [0.15, 0.2) is 0 Å². The zero-order valence-corrected chi connectivity index (χ0v) is 16.8. The van der Waals surface area contributed by atoms with Crippen LogP contribution in [0.4, 0.5) is 5.82 Å². The van der Waals surface area contributed by atoms with Crippen molar-refractivity contribution in [3.63, 3.8) is 0 Å². The van der Waals surface area contributed by atoms with E-state index in [1.54, 1.807) is 0 Å². The van der Waals surface area contributed by atoms with Crippen molar-refractivity contribution >= 4 is 11.7 Å². The van der Waals surface area contributed by atoms with E-state index in [9.17, 15) is 4.79 Å². The summed E-state index contributed by atoms with van der Waals surface area (Å²) in [5.41, 5.74) is 1.13. The van der Waals surface area contributed by atoms with Gasteiger partial charge in [0, 0.05) is 70.5 Å². The van der Waals surface area contributed by atoms with Crippen LogP contribution in [-0.2, 0) is 11.3 Å². The number of rotatable bonds is 6. The van der Waals surface area contributed by atoms with Crippen LogP contribution in [0.5, 0.6) is 0 Å². The molecule has 0 aliphatic carbocycles. The number of pyridine rings is 1. The molecule has 0 radical (unpaired) electrons. The Labute approximate surface area is 163 Å². The van der Waals surface area contributed by atoms with Crippen LogP contribution in [0, 0.1) is 0 Å². The Morgan fingerprint density at radius 2 is 1.74 bits per heavy atom. The molecule has 1 aromatic heterocycles. The predicted molar refractivity (Wildman–Crippen MR) is 110 cm³/mol. The zero-order chi connectivity index (χ0) is 18.9. The number of aromatic nitrogens is 1. The Balaban J connectivity index is 1.48. The minimum Gasteiger partial charge on any atom is -0.356 e.